The van der Waals surface area contributed by atoms with Crippen LogP contribution in [0.15, 0.2) is 12.3 Å². The van der Waals surface area contributed by atoms with Gasteiger partial charge in [-0.25, -0.2) is 0 Å². The summed E-state index contributed by atoms with van der Waals surface area (Å²) < 4.78 is 1.98. The van der Waals surface area contributed by atoms with Crippen molar-refractivity contribution >= 4 is 11.6 Å². The van der Waals surface area contributed by atoms with Gasteiger partial charge in [-0.15, -0.1) is 0 Å². The summed E-state index contributed by atoms with van der Waals surface area (Å²) in [6.07, 6.45) is 1.91. The third kappa shape index (κ3) is 4.19. The second-order valence-corrected chi connectivity index (χ2v) is 3.63. The highest BCUT2D eigenvalue weighted by Crippen LogP contribution is 2.12. The van der Waals surface area contributed by atoms with E-state index in [4.69, 9.17) is 0 Å². The first-order valence-electron chi connectivity index (χ1n) is 5.44. The first-order valence-corrected chi connectivity index (χ1v) is 5.44. The molecule has 1 amide bonds. The minimum atomic E-state index is 0.0283. The third-order valence-electron chi connectivity index (χ3n) is 2.05. The Morgan fingerprint density at radius 3 is 2.27 bits per heavy atom. The second kappa shape index (κ2) is 6.27. The number of carbonyl (C=O) groups excluding carboxylic acids is 1. The van der Waals surface area contributed by atoms with Crippen molar-refractivity contribution in [1.29, 1.82) is 0 Å². The molecule has 0 atom stereocenters. The molecular formula is C12H22N2O. The highest BCUT2D eigenvalue weighted by atomic mass is 16.1. The monoisotopic (exact) mass is 210 g/mol. The summed E-state index contributed by atoms with van der Waals surface area (Å²) in [5.41, 5.74) is 2.01. The number of nitrogens with zero attached hydrogens (tertiary/aromatic N) is 1. The summed E-state index contributed by atoms with van der Waals surface area (Å²) in [6, 6.07) is 1.96. The van der Waals surface area contributed by atoms with Crippen LogP contribution in [-0.4, -0.2) is 10.5 Å². The molecule has 1 aromatic heterocycles. The Morgan fingerprint density at radius 1 is 1.40 bits per heavy atom. The van der Waals surface area contributed by atoms with Crippen molar-refractivity contribution in [1.82, 2.24) is 4.57 Å². The number of anilines is 1. The summed E-state index contributed by atoms with van der Waals surface area (Å²) in [6.45, 7) is 9.77. The first-order chi connectivity index (χ1) is 7.00. The van der Waals surface area contributed by atoms with E-state index in [1.165, 1.54) is 0 Å². The molecule has 0 saturated heterocycles. The van der Waals surface area contributed by atoms with E-state index < -0.39 is 0 Å². The summed E-state index contributed by atoms with van der Waals surface area (Å²) in [4.78, 5) is 11.3. The predicted molar refractivity (Wildman–Crippen MR) is 65.0 cm³/mol. The number of hydrogen-bond donors (Lipinski definition) is 1. The van der Waals surface area contributed by atoms with Crippen LogP contribution >= 0.6 is 0 Å². The minimum absolute atomic E-state index is 0.0283. The topological polar surface area (TPSA) is 34.0 Å². The number of nitrogens with one attached hydrogen (secondary N) is 1. The molecule has 0 radical (unpaired) electrons. The van der Waals surface area contributed by atoms with Crippen molar-refractivity contribution in [2.24, 2.45) is 13.0 Å². The average molecular weight is 210 g/mol. The molecule has 15 heavy (non-hydrogen) atoms. The molecule has 0 aliphatic heterocycles. The third-order valence-corrected chi connectivity index (χ3v) is 2.05. The van der Waals surface area contributed by atoms with Crippen molar-refractivity contribution in [3.63, 3.8) is 0 Å². The zero-order chi connectivity index (χ0) is 12.0. The van der Waals surface area contributed by atoms with Crippen LogP contribution in [0.2, 0.25) is 0 Å². The fourth-order valence-corrected chi connectivity index (χ4v) is 1.03. The number of rotatable bonds is 2. The van der Waals surface area contributed by atoms with Crippen molar-refractivity contribution in [2.75, 3.05) is 5.32 Å². The Balaban J connectivity index is 0.000000921. The highest BCUT2D eigenvalue weighted by Gasteiger charge is 2.07. The molecule has 0 saturated carbocycles. The molecule has 0 aliphatic carbocycles. The Morgan fingerprint density at radius 2 is 1.93 bits per heavy atom. The summed E-state index contributed by atoms with van der Waals surface area (Å²) >= 11 is 0. The summed E-state index contributed by atoms with van der Waals surface area (Å²) in [5, 5.41) is 2.84. The van der Waals surface area contributed by atoms with Crippen molar-refractivity contribution in [3.05, 3.63) is 18.0 Å². The van der Waals surface area contributed by atoms with Gasteiger partial charge in [0.25, 0.3) is 0 Å². The lowest BCUT2D eigenvalue weighted by atomic mass is 10.2. The second-order valence-electron chi connectivity index (χ2n) is 3.63. The van der Waals surface area contributed by atoms with Gasteiger partial charge in [0.05, 0.1) is 5.69 Å². The molecule has 0 unspecified atom stereocenters. The molecule has 1 rings (SSSR count). The molecule has 3 nitrogen and oxygen atoms in total. The van der Waals surface area contributed by atoms with Gasteiger partial charge in [-0.1, -0.05) is 27.7 Å². The van der Waals surface area contributed by atoms with Crippen LogP contribution in [0.4, 0.5) is 5.69 Å². The number of aryl methyl sites for hydroxylation is 2. The Bertz CT molecular complexity index is 294. The molecule has 1 aromatic rings. The number of carbonyl (C=O) groups is 1. The molecule has 0 aliphatic rings. The maximum absolute atomic E-state index is 11.3. The Hall–Kier alpha value is -1.25. The van der Waals surface area contributed by atoms with Gasteiger partial charge in [0.1, 0.15) is 0 Å². The van der Waals surface area contributed by atoms with Crippen LogP contribution in [0, 0.1) is 12.8 Å². The fourth-order valence-electron chi connectivity index (χ4n) is 1.03. The quantitative estimate of drug-likeness (QED) is 0.800. The van der Waals surface area contributed by atoms with E-state index in [1.54, 1.807) is 0 Å². The van der Waals surface area contributed by atoms with Crippen LogP contribution in [0.3, 0.4) is 0 Å². The maximum Gasteiger partial charge on any atom is 0.226 e. The molecule has 1 N–H and O–H groups in total. The van der Waals surface area contributed by atoms with Crippen molar-refractivity contribution < 1.29 is 4.79 Å². The lowest BCUT2D eigenvalue weighted by Crippen LogP contribution is -2.17. The summed E-state index contributed by atoms with van der Waals surface area (Å²) in [5.74, 6) is 0.0890. The first kappa shape index (κ1) is 13.8. The van der Waals surface area contributed by atoms with Crippen LogP contribution in [-0.2, 0) is 11.8 Å². The van der Waals surface area contributed by atoms with Gasteiger partial charge >= 0.3 is 0 Å². The Kier molecular flexibility index (Phi) is 5.75. The van der Waals surface area contributed by atoms with E-state index in [1.807, 2.05) is 58.5 Å². The van der Waals surface area contributed by atoms with E-state index >= 15 is 0 Å². The van der Waals surface area contributed by atoms with Crippen LogP contribution in [0.5, 0.6) is 0 Å². The molecule has 86 valence electrons. The van der Waals surface area contributed by atoms with Crippen molar-refractivity contribution in [3.8, 4) is 0 Å². The lowest BCUT2D eigenvalue weighted by Gasteiger charge is -2.04. The highest BCUT2D eigenvalue weighted by molar-refractivity contribution is 5.92. The van der Waals surface area contributed by atoms with E-state index in [9.17, 15) is 4.79 Å². The molecule has 3 heteroatoms. The van der Waals surface area contributed by atoms with E-state index in [0.717, 1.165) is 11.4 Å². The van der Waals surface area contributed by atoms with Gasteiger partial charge in [0, 0.05) is 24.9 Å². The maximum atomic E-state index is 11.3. The van der Waals surface area contributed by atoms with Gasteiger partial charge in [-0.3, -0.25) is 4.79 Å². The number of aromatic nitrogens is 1. The molecule has 0 spiro atoms. The zero-order valence-corrected chi connectivity index (χ0v) is 10.6. The van der Waals surface area contributed by atoms with Gasteiger partial charge in [-0.2, -0.15) is 0 Å². The molecule has 0 aromatic carbocycles. The molecule has 0 fully saturated rings. The van der Waals surface area contributed by atoms with Gasteiger partial charge in [0.15, 0.2) is 0 Å². The predicted octanol–water partition coefficient (Wildman–Crippen LogP) is 2.95. The fraction of sp³-hybridized carbons (Fsp3) is 0.583. The van der Waals surface area contributed by atoms with E-state index in [2.05, 4.69) is 5.32 Å². The van der Waals surface area contributed by atoms with Crippen LogP contribution in [0.1, 0.15) is 33.4 Å². The molecule has 1 heterocycles. The molecule has 0 bridgehead atoms. The Labute approximate surface area is 92.5 Å². The van der Waals surface area contributed by atoms with E-state index in [0.29, 0.717) is 0 Å². The van der Waals surface area contributed by atoms with Crippen LogP contribution in [0.25, 0.3) is 0 Å². The van der Waals surface area contributed by atoms with E-state index in [-0.39, 0.29) is 11.8 Å². The van der Waals surface area contributed by atoms with Crippen molar-refractivity contribution in [2.45, 2.75) is 34.6 Å². The number of hydrogen-bond acceptors (Lipinski definition) is 1. The minimum Gasteiger partial charge on any atom is -0.353 e. The SMILES string of the molecule is CC.Cc1cc(NC(=O)C(C)C)cn1C. The van der Waals surface area contributed by atoms with Gasteiger partial charge in [-0.05, 0) is 13.0 Å². The van der Waals surface area contributed by atoms with Crippen LogP contribution < -0.4 is 5.32 Å². The largest absolute Gasteiger partial charge is 0.353 e. The number of amides is 1. The normalized spacial score (nSPS) is 9.53. The molecular weight excluding hydrogens is 188 g/mol. The van der Waals surface area contributed by atoms with Gasteiger partial charge < -0.3 is 9.88 Å². The zero-order valence-electron chi connectivity index (χ0n) is 10.6. The lowest BCUT2D eigenvalue weighted by molar-refractivity contribution is -0.118. The van der Waals surface area contributed by atoms with Gasteiger partial charge in [0.2, 0.25) is 5.91 Å². The standard InChI is InChI=1S/C10H16N2O.C2H6/c1-7(2)10(13)11-9-5-8(3)12(4)6-9;1-2/h5-7H,1-4H3,(H,11,13);1-2H3. The summed E-state index contributed by atoms with van der Waals surface area (Å²) in [7, 11) is 1.96. The smallest absolute Gasteiger partial charge is 0.226 e. The average Bonchev–Trinajstić information content (AvgIpc) is 2.49.